The SMILES string of the molecule is CC(=O)CCCC(=O)NCCOCCOCC(C)=O. The second-order valence-electron chi connectivity index (χ2n) is 4.27. The predicted molar refractivity (Wildman–Crippen MR) is 69.9 cm³/mol. The van der Waals surface area contributed by atoms with Gasteiger partial charge in [-0.05, 0) is 20.3 Å². The first kappa shape index (κ1) is 17.7. The van der Waals surface area contributed by atoms with Gasteiger partial charge >= 0.3 is 0 Å². The molecule has 6 heteroatoms. The molecule has 0 spiro atoms. The average molecular weight is 273 g/mol. The van der Waals surface area contributed by atoms with Crippen LogP contribution in [0.1, 0.15) is 33.1 Å². The van der Waals surface area contributed by atoms with E-state index in [1.54, 1.807) is 0 Å². The number of ether oxygens (including phenoxy) is 2. The third-order valence-electron chi connectivity index (χ3n) is 2.18. The van der Waals surface area contributed by atoms with E-state index >= 15 is 0 Å². The maximum Gasteiger partial charge on any atom is 0.220 e. The standard InChI is InChI=1S/C13H23NO5/c1-11(15)4-3-5-13(17)14-6-7-18-8-9-19-10-12(2)16/h3-10H2,1-2H3,(H,14,17). The van der Waals surface area contributed by atoms with Crippen molar-refractivity contribution >= 4 is 17.5 Å². The van der Waals surface area contributed by atoms with E-state index in [2.05, 4.69) is 5.32 Å². The maximum absolute atomic E-state index is 11.3. The zero-order chi connectivity index (χ0) is 14.5. The van der Waals surface area contributed by atoms with Gasteiger partial charge in [-0.1, -0.05) is 0 Å². The summed E-state index contributed by atoms with van der Waals surface area (Å²) >= 11 is 0. The molecule has 6 nitrogen and oxygen atoms in total. The van der Waals surface area contributed by atoms with E-state index in [1.807, 2.05) is 0 Å². The molecule has 0 aliphatic heterocycles. The Morgan fingerprint density at radius 2 is 1.58 bits per heavy atom. The second kappa shape index (κ2) is 11.8. The van der Waals surface area contributed by atoms with Crippen LogP contribution in [0.3, 0.4) is 0 Å². The lowest BCUT2D eigenvalue weighted by atomic mass is 10.2. The highest BCUT2D eigenvalue weighted by atomic mass is 16.5. The number of amides is 1. The molecule has 19 heavy (non-hydrogen) atoms. The van der Waals surface area contributed by atoms with Crippen LogP contribution in [0.15, 0.2) is 0 Å². The van der Waals surface area contributed by atoms with Crippen LogP contribution in [0.25, 0.3) is 0 Å². The molecule has 0 saturated heterocycles. The van der Waals surface area contributed by atoms with E-state index in [0.717, 1.165) is 0 Å². The average Bonchev–Trinajstić information content (AvgIpc) is 2.31. The zero-order valence-electron chi connectivity index (χ0n) is 11.7. The number of nitrogens with one attached hydrogen (secondary N) is 1. The highest BCUT2D eigenvalue weighted by molar-refractivity contribution is 5.78. The van der Waals surface area contributed by atoms with Crippen LogP contribution in [0.5, 0.6) is 0 Å². The smallest absolute Gasteiger partial charge is 0.220 e. The minimum absolute atomic E-state index is 0.0159. The van der Waals surface area contributed by atoms with Gasteiger partial charge in [-0.15, -0.1) is 0 Å². The van der Waals surface area contributed by atoms with Crippen molar-refractivity contribution in [1.82, 2.24) is 5.32 Å². The van der Waals surface area contributed by atoms with Crippen LogP contribution in [0, 0.1) is 0 Å². The van der Waals surface area contributed by atoms with Crippen molar-refractivity contribution in [2.45, 2.75) is 33.1 Å². The van der Waals surface area contributed by atoms with Gasteiger partial charge in [0.2, 0.25) is 5.91 Å². The minimum Gasteiger partial charge on any atom is -0.377 e. The lowest BCUT2D eigenvalue weighted by molar-refractivity contribution is -0.123. The molecule has 0 atom stereocenters. The second-order valence-corrected chi connectivity index (χ2v) is 4.27. The van der Waals surface area contributed by atoms with Crippen molar-refractivity contribution < 1.29 is 23.9 Å². The summed E-state index contributed by atoms with van der Waals surface area (Å²) in [5, 5.41) is 2.70. The van der Waals surface area contributed by atoms with Crippen molar-refractivity contribution in [1.29, 1.82) is 0 Å². The summed E-state index contributed by atoms with van der Waals surface area (Å²) in [6.45, 7) is 4.69. The summed E-state index contributed by atoms with van der Waals surface area (Å²) in [6.07, 6.45) is 1.39. The Morgan fingerprint density at radius 1 is 0.895 bits per heavy atom. The number of carbonyl (C=O) groups is 3. The summed E-state index contributed by atoms with van der Waals surface area (Å²) in [4.78, 5) is 32.5. The van der Waals surface area contributed by atoms with E-state index < -0.39 is 0 Å². The van der Waals surface area contributed by atoms with Gasteiger partial charge in [0, 0.05) is 19.4 Å². The number of Topliss-reactive ketones (excluding diaryl/α,β-unsaturated/α-hetero) is 2. The molecule has 0 bridgehead atoms. The summed E-state index contributed by atoms with van der Waals surface area (Å²) < 4.78 is 10.2. The van der Waals surface area contributed by atoms with E-state index in [-0.39, 0.29) is 24.1 Å². The highest BCUT2D eigenvalue weighted by Gasteiger charge is 2.01. The molecule has 0 unspecified atom stereocenters. The van der Waals surface area contributed by atoms with Crippen LogP contribution in [0.4, 0.5) is 0 Å². The highest BCUT2D eigenvalue weighted by Crippen LogP contribution is 1.95. The van der Waals surface area contributed by atoms with Crippen molar-refractivity contribution in [2.75, 3.05) is 33.0 Å². The van der Waals surface area contributed by atoms with Gasteiger partial charge in [0.1, 0.15) is 12.4 Å². The third-order valence-corrected chi connectivity index (χ3v) is 2.18. The molecule has 110 valence electrons. The van der Waals surface area contributed by atoms with Gasteiger partial charge in [0.25, 0.3) is 0 Å². The minimum atomic E-state index is -0.0716. The van der Waals surface area contributed by atoms with Gasteiger partial charge in [0.15, 0.2) is 5.78 Å². The number of hydrogen-bond donors (Lipinski definition) is 1. The van der Waals surface area contributed by atoms with Gasteiger partial charge in [-0.3, -0.25) is 9.59 Å². The van der Waals surface area contributed by atoms with E-state index in [4.69, 9.17) is 9.47 Å². The Kier molecular flexibility index (Phi) is 11.0. The molecule has 0 fully saturated rings. The van der Waals surface area contributed by atoms with E-state index in [9.17, 15) is 14.4 Å². The normalized spacial score (nSPS) is 10.2. The van der Waals surface area contributed by atoms with E-state index in [0.29, 0.717) is 45.6 Å². The Balaban J connectivity index is 3.23. The summed E-state index contributed by atoms with van der Waals surface area (Å²) in [6, 6.07) is 0. The Hall–Kier alpha value is -1.27. The fraction of sp³-hybridized carbons (Fsp3) is 0.769. The zero-order valence-corrected chi connectivity index (χ0v) is 11.7. The summed E-state index contributed by atoms with van der Waals surface area (Å²) in [7, 11) is 0. The number of rotatable bonds is 12. The molecule has 0 aliphatic rings. The molecule has 0 radical (unpaired) electrons. The molecule has 0 aromatic rings. The molecule has 0 rings (SSSR count). The van der Waals surface area contributed by atoms with Crippen LogP contribution < -0.4 is 5.32 Å². The first-order chi connectivity index (χ1) is 9.02. The van der Waals surface area contributed by atoms with Gasteiger partial charge in [-0.25, -0.2) is 0 Å². The number of ketones is 2. The van der Waals surface area contributed by atoms with Crippen molar-refractivity contribution in [3.8, 4) is 0 Å². The number of carbonyl (C=O) groups excluding carboxylic acids is 3. The molecule has 0 aliphatic carbocycles. The first-order valence-electron chi connectivity index (χ1n) is 6.43. The van der Waals surface area contributed by atoms with Crippen molar-refractivity contribution in [3.05, 3.63) is 0 Å². The predicted octanol–water partition coefficient (Wildman–Crippen LogP) is 0.484. The molecule has 0 saturated carbocycles. The van der Waals surface area contributed by atoms with Crippen molar-refractivity contribution in [3.63, 3.8) is 0 Å². The molecule has 0 aromatic carbocycles. The molecule has 0 aromatic heterocycles. The first-order valence-corrected chi connectivity index (χ1v) is 6.43. The van der Waals surface area contributed by atoms with Crippen LogP contribution in [0.2, 0.25) is 0 Å². The number of hydrogen-bond acceptors (Lipinski definition) is 5. The quantitative estimate of drug-likeness (QED) is 0.523. The maximum atomic E-state index is 11.3. The molecule has 1 N–H and O–H groups in total. The molecular weight excluding hydrogens is 250 g/mol. The van der Waals surface area contributed by atoms with Gasteiger partial charge in [0.05, 0.1) is 19.8 Å². The van der Waals surface area contributed by atoms with Crippen LogP contribution in [-0.2, 0) is 23.9 Å². The lowest BCUT2D eigenvalue weighted by Crippen LogP contribution is -2.27. The lowest BCUT2D eigenvalue weighted by Gasteiger charge is -2.06. The monoisotopic (exact) mass is 273 g/mol. The summed E-state index contributed by atoms with van der Waals surface area (Å²) in [5.74, 6) is 0.0113. The largest absolute Gasteiger partial charge is 0.377 e. The topological polar surface area (TPSA) is 81.7 Å². The molecule has 0 heterocycles. The third kappa shape index (κ3) is 14.7. The Morgan fingerprint density at radius 3 is 2.21 bits per heavy atom. The van der Waals surface area contributed by atoms with Crippen LogP contribution in [-0.4, -0.2) is 50.4 Å². The van der Waals surface area contributed by atoms with Gasteiger partial charge < -0.3 is 19.6 Å². The summed E-state index contributed by atoms with van der Waals surface area (Å²) in [5.41, 5.74) is 0. The van der Waals surface area contributed by atoms with Gasteiger partial charge in [-0.2, -0.15) is 0 Å². The molecular formula is C13H23NO5. The Bertz CT molecular complexity index is 291. The Labute approximate surface area is 113 Å². The fourth-order valence-electron chi connectivity index (χ4n) is 1.28. The fourth-order valence-corrected chi connectivity index (χ4v) is 1.28. The van der Waals surface area contributed by atoms with Crippen LogP contribution >= 0.6 is 0 Å². The molecule has 1 amide bonds. The van der Waals surface area contributed by atoms with E-state index in [1.165, 1.54) is 13.8 Å². The van der Waals surface area contributed by atoms with Crippen molar-refractivity contribution in [2.24, 2.45) is 0 Å².